The summed E-state index contributed by atoms with van der Waals surface area (Å²) in [5, 5.41) is 3.42. The minimum Gasteiger partial charge on any atom is -0.488 e. The lowest BCUT2D eigenvalue weighted by Crippen LogP contribution is -2.43. The molecule has 0 spiro atoms. The minimum absolute atomic E-state index is 0.0234. The van der Waals surface area contributed by atoms with Gasteiger partial charge in [0.25, 0.3) is 0 Å². The van der Waals surface area contributed by atoms with Gasteiger partial charge in [-0.25, -0.2) is 0 Å². The quantitative estimate of drug-likeness (QED) is 0.912. The molecular formula is C18H22N2O2. The topological polar surface area (TPSA) is 54.1 Å². The fraction of sp³-hybridized carbons (Fsp3) is 0.389. The van der Waals surface area contributed by atoms with Crippen LogP contribution in [0.1, 0.15) is 36.9 Å². The first-order valence-electron chi connectivity index (χ1n) is 7.94. The molecule has 2 heterocycles. The number of aryl methyl sites for hydroxylation is 1. The summed E-state index contributed by atoms with van der Waals surface area (Å²) < 4.78 is 6.16. The second kappa shape index (κ2) is 6.79. The fourth-order valence-electron chi connectivity index (χ4n) is 2.95. The molecule has 3 rings (SSSR count). The Kier molecular flexibility index (Phi) is 4.59. The van der Waals surface area contributed by atoms with E-state index in [-0.39, 0.29) is 17.6 Å². The van der Waals surface area contributed by atoms with Crippen molar-refractivity contribution in [1.29, 1.82) is 0 Å². The maximum absolute atomic E-state index is 12.1. The van der Waals surface area contributed by atoms with Crippen molar-refractivity contribution in [3.63, 3.8) is 0 Å². The number of aromatic nitrogens is 1. The van der Waals surface area contributed by atoms with Crippen LogP contribution in [0.4, 0.5) is 0 Å². The number of hydrogen-bond donors (Lipinski definition) is 2. The Balaban J connectivity index is 1.80. The van der Waals surface area contributed by atoms with Gasteiger partial charge in [0.2, 0.25) is 0 Å². The van der Waals surface area contributed by atoms with Crippen LogP contribution in [0.5, 0.6) is 5.75 Å². The molecule has 0 aliphatic carbocycles. The van der Waals surface area contributed by atoms with Gasteiger partial charge < -0.3 is 15.0 Å². The first-order chi connectivity index (χ1) is 10.8. The summed E-state index contributed by atoms with van der Waals surface area (Å²) in [6.07, 6.45) is 6.44. The molecule has 2 aromatic rings. The maximum atomic E-state index is 12.1. The highest BCUT2D eigenvalue weighted by Gasteiger charge is 2.29. The van der Waals surface area contributed by atoms with Crippen LogP contribution in [-0.4, -0.2) is 17.6 Å². The molecule has 1 aromatic carbocycles. The highest BCUT2D eigenvalue weighted by atomic mass is 16.5. The number of hydrogen-bond acceptors (Lipinski definition) is 3. The molecule has 0 bridgehead atoms. The van der Waals surface area contributed by atoms with Crippen LogP contribution in [0, 0.1) is 0 Å². The fourth-order valence-corrected chi connectivity index (χ4v) is 2.95. The van der Waals surface area contributed by atoms with Gasteiger partial charge in [0, 0.05) is 24.0 Å². The zero-order valence-corrected chi connectivity index (χ0v) is 12.8. The summed E-state index contributed by atoms with van der Waals surface area (Å²) in [5.41, 5.74) is 2.09. The molecule has 1 saturated heterocycles. The summed E-state index contributed by atoms with van der Waals surface area (Å²) in [6.45, 7) is 3.05. The van der Waals surface area contributed by atoms with Crippen LogP contribution in [0.25, 0.3) is 0 Å². The number of H-pyrrole nitrogens is 1. The summed E-state index contributed by atoms with van der Waals surface area (Å²) in [5.74, 6) is 0.864. The lowest BCUT2D eigenvalue weighted by atomic mass is 9.95. The Morgan fingerprint density at radius 1 is 1.23 bits per heavy atom. The number of pyridine rings is 1. The van der Waals surface area contributed by atoms with E-state index in [1.165, 1.54) is 5.56 Å². The highest BCUT2D eigenvalue weighted by Crippen LogP contribution is 2.26. The lowest BCUT2D eigenvalue weighted by Gasteiger charge is -2.32. The molecule has 22 heavy (non-hydrogen) atoms. The van der Waals surface area contributed by atoms with Gasteiger partial charge in [0.15, 0.2) is 5.43 Å². The molecule has 0 amide bonds. The second-order valence-electron chi connectivity index (χ2n) is 5.69. The molecule has 2 N–H and O–H groups in total. The standard InChI is InChI=1S/C18H22N2O2/c1-2-13-5-7-14(8-6-13)22-17-4-3-10-20-18(17)15-12-19-11-9-16(15)21/h5-9,11-12,17-18,20H,2-4,10H2,1H3,(H,19,21). The number of ether oxygens (including phenoxy) is 1. The minimum atomic E-state index is -0.0652. The van der Waals surface area contributed by atoms with E-state index in [0.29, 0.717) is 0 Å². The normalized spacial score (nSPS) is 21.5. The van der Waals surface area contributed by atoms with Crippen molar-refractivity contribution in [2.24, 2.45) is 0 Å². The molecule has 1 fully saturated rings. The number of rotatable bonds is 4. The van der Waals surface area contributed by atoms with Crippen LogP contribution in [0.3, 0.4) is 0 Å². The lowest BCUT2D eigenvalue weighted by molar-refractivity contribution is 0.119. The van der Waals surface area contributed by atoms with Crippen LogP contribution < -0.4 is 15.5 Å². The van der Waals surface area contributed by atoms with Crippen LogP contribution >= 0.6 is 0 Å². The molecule has 1 aliphatic rings. The van der Waals surface area contributed by atoms with Gasteiger partial charge in [-0.1, -0.05) is 19.1 Å². The van der Waals surface area contributed by atoms with E-state index in [1.54, 1.807) is 18.5 Å². The average molecular weight is 298 g/mol. The summed E-state index contributed by atoms with van der Waals surface area (Å²) in [6, 6.07) is 9.72. The zero-order valence-electron chi connectivity index (χ0n) is 12.8. The number of piperidine rings is 1. The summed E-state index contributed by atoms with van der Waals surface area (Å²) in [4.78, 5) is 15.1. The summed E-state index contributed by atoms with van der Waals surface area (Å²) in [7, 11) is 0. The SMILES string of the molecule is CCc1ccc(OC2CCCNC2c2c[nH]ccc2=O)cc1. The monoisotopic (exact) mass is 298 g/mol. The van der Waals surface area contributed by atoms with E-state index in [4.69, 9.17) is 4.74 Å². The third kappa shape index (κ3) is 3.22. The van der Waals surface area contributed by atoms with Crippen molar-refractivity contribution in [2.45, 2.75) is 38.3 Å². The molecule has 0 saturated carbocycles. The predicted molar refractivity (Wildman–Crippen MR) is 87.3 cm³/mol. The molecule has 4 heteroatoms. The van der Waals surface area contributed by atoms with Crippen LogP contribution in [0.2, 0.25) is 0 Å². The molecular weight excluding hydrogens is 276 g/mol. The maximum Gasteiger partial charge on any atom is 0.186 e. The highest BCUT2D eigenvalue weighted by molar-refractivity contribution is 5.28. The van der Waals surface area contributed by atoms with E-state index >= 15 is 0 Å². The largest absolute Gasteiger partial charge is 0.488 e. The molecule has 0 radical (unpaired) electrons. The third-order valence-electron chi connectivity index (χ3n) is 4.21. The Bertz CT molecular complexity index is 663. The van der Waals surface area contributed by atoms with Crippen molar-refractivity contribution in [2.75, 3.05) is 6.54 Å². The van der Waals surface area contributed by atoms with E-state index in [0.717, 1.165) is 37.1 Å². The molecule has 116 valence electrons. The number of nitrogens with one attached hydrogen (secondary N) is 2. The van der Waals surface area contributed by atoms with Crippen molar-refractivity contribution >= 4 is 0 Å². The van der Waals surface area contributed by atoms with Crippen molar-refractivity contribution in [3.05, 3.63) is 64.1 Å². The summed E-state index contributed by atoms with van der Waals surface area (Å²) >= 11 is 0. The first kappa shape index (κ1) is 14.9. The number of benzene rings is 1. The van der Waals surface area contributed by atoms with Gasteiger partial charge in [-0.15, -0.1) is 0 Å². The van der Waals surface area contributed by atoms with Gasteiger partial charge >= 0.3 is 0 Å². The van der Waals surface area contributed by atoms with Gasteiger partial charge in [-0.3, -0.25) is 4.79 Å². The number of aromatic amines is 1. The third-order valence-corrected chi connectivity index (χ3v) is 4.21. The Labute approximate surface area is 130 Å². The van der Waals surface area contributed by atoms with Gasteiger partial charge in [0.1, 0.15) is 11.9 Å². The van der Waals surface area contributed by atoms with Gasteiger partial charge in [0.05, 0.1) is 6.04 Å². The molecule has 4 nitrogen and oxygen atoms in total. The van der Waals surface area contributed by atoms with Gasteiger partial charge in [-0.2, -0.15) is 0 Å². The van der Waals surface area contributed by atoms with Crippen molar-refractivity contribution in [3.8, 4) is 5.75 Å². The van der Waals surface area contributed by atoms with Crippen LogP contribution in [0.15, 0.2) is 47.5 Å². The van der Waals surface area contributed by atoms with E-state index in [9.17, 15) is 4.79 Å². The predicted octanol–water partition coefficient (Wildman–Crippen LogP) is 2.81. The van der Waals surface area contributed by atoms with E-state index in [1.807, 2.05) is 12.1 Å². The van der Waals surface area contributed by atoms with Crippen LogP contribution in [-0.2, 0) is 6.42 Å². The molecule has 2 atom stereocenters. The molecule has 1 aliphatic heterocycles. The van der Waals surface area contributed by atoms with E-state index < -0.39 is 0 Å². The molecule has 1 aromatic heterocycles. The zero-order chi connectivity index (χ0) is 15.4. The first-order valence-corrected chi connectivity index (χ1v) is 7.94. The Morgan fingerprint density at radius 3 is 2.77 bits per heavy atom. The van der Waals surface area contributed by atoms with Gasteiger partial charge in [-0.05, 0) is 43.5 Å². The molecule has 2 unspecified atom stereocenters. The Hall–Kier alpha value is -2.07. The van der Waals surface area contributed by atoms with Crippen molar-refractivity contribution in [1.82, 2.24) is 10.3 Å². The van der Waals surface area contributed by atoms with Crippen molar-refractivity contribution < 1.29 is 4.74 Å². The smallest absolute Gasteiger partial charge is 0.186 e. The Morgan fingerprint density at radius 2 is 2.05 bits per heavy atom. The van der Waals surface area contributed by atoms with E-state index in [2.05, 4.69) is 29.4 Å². The second-order valence-corrected chi connectivity index (χ2v) is 5.69. The average Bonchev–Trinajstić information content (AvgIpc) is 2.57.